The molecule has 3 aliphatic heterocycles. The molecule has 3 aliphatic rings. The van der Waals surface area contributed by atoms with E-state index < -0.39 is 5.66 Å². The summed E-state index contributed by atoms with van der Waals surface area (Å²) in [6, 6.07) is 39.2. The highest BCUT2D eigenvalue weighted by Gasteiger charge is 2.69. The Morgan fingerprint density at radius 2 is 1.52 bits per heavy atom. The van der Waals surface area contributed by atoms with Gasteiger partial charge in [-0.2, -0.15) is 9.13 Å². The second kappa shape index (κ2) is 8.17. The number of fused-ring (bicyclic) bond motifs is 7. The van der Waals surface area contributed by atoms with E-state index in [0.29, 0.717) is 0 Å². The fraction of sp³-hybridized carbons (Fsp3) is 0.0750. The highest BCUT2D eigenvalue weighted by atomic mass is 16.5. The molecule has 11 rings (SSSR count). The van der Waals surface area contributed by atoms with Crippen LogP contribution < -0.4 is 14.0 Å². The minimum atomic E-state index is -0.692. The van der Waals surface area contributed by atoms with Gasteiger partial charge in [-0.3, -0.25) is 4.98 Å². The highest BCUT2D eigenvalue weighted by Crippen LogP contribution is 2.56. The lowest BCUT2D eigenvalue weighted by Gasteiger charge is -2.33. The number of hydrogen-bond donors (Lipinski definition) is 0. The van der Waals surface area contributed by atoms with Gasteiger partial charge in [-0.25, -0.2) is 0 Å². The Bertz CT molecular complexity index is 2630. The molecule has 0 amide bonds. The van der Waals surface area contributed by atoms with Crippen LogP contribution in [0.4, 0.5) is 0 Å². The van der Waals surface area contributed by atoms with E-state index in [-0.39, 0.29) is 0 Å². The number of hydrogen-bond acceptors (Lipinski definition) is 2. The second-order valence-electron chi connectivity index (χ2n) is 12.5. The first kappa shape index (κ1) is 24.3. The predicted molar refractivity (Wildman–Crippen MR) is 177 cm³/mol. The summed E-state index contributed by atoms with van der Waals surface area (Å²) in [4.78, 5) is 4.33. The standard InChI is InChI=1S/C40H27N5O/c1-24-36(27-17-15-26(16-18-27)28-9-8-21-41-23-28)25(2)45-40-37-32(44(24)45)12-7-13-33(37)46-34-20-19-30-29-10-3-4-11-31(29)43(39(30)38(34)40)35-14-5-6-22-42(35)40/h3-23H,1-2H3/q+2. The minimum Gasteiger partial charge on any atom is -0.456 e. The monoisotopic (exact) mass is 593 g/mol. The molecule has 1 spiro atoms. The van der Waals surface area contributed by atoms with Crippen LogP contribution in [0, 0.1) is 13.8 Å². The van der Waals surface area contributed by atoms with Crippen molar-refractivity contribution in [2.45, 2.75) is 19.5 Å². The average molecular weight is 594 g/mol. The largest absolute Gasteiger partial charge is 0.456 e. The van der Waals surface area contributed by atoms with Gasteiger partial charge in [0, 0.05) is 36.2 Å². The minimum absolute atomic E-state index is 0.692. The summed E-state index contributed by atoms with van der Waals surface area (Å²) in [6.07, 6.45) is 5.98. The first-order valence-electron chi connectivity index (χ1n) is 15.7. The normalized spacial score (nSPS) is 16.3. The smallest absolute Gasteiger partial charge is 0.397 e. The van der Waals surface area contributed by atoms with E-state index in [0.717, 1.165) is 34.1 Å². The molecule has 46 heavy (non-hydrogen) atoms. The predicted octanol–water partition coefficient (Wildman–Crippen LogP) is 7.53. The van der Waals surface area contributed by atoms with E-state index in [1.165, 1.54) is 55.4 Å². The van der Waals surface area contributed by atoms with E-state index in [9.17, 15) is 0 Å². The molecule has 0 bridgehead atoms. The lowest BCUT2D eigenvalue weighted by atomic mass is 9.84. The van der Waals surface area contributed by atoms with Crippen LogP contribution in [0.15, 0.2) is 128 Å². The molecule has 0 saturated heterocycles. The third-order valence-electron chi connectivity index (χ3n) is 10.4. The number of rotatable bonds is 2. The Hall–Kier alpha value is -6.01. The summed E-state index contributed by atoms with van der Waals surface area (Å²) in [7, 11) is 0. The van der Waals surface area contributed by atoms with E-state index >= 15 is 0 Å². The van der Waals surface area contributed by atoms with Gasteiger partial charge in [-0.1, -0.05) is 59.3 Å². The molecule has 6 nitrogen and oxygen atoms in total. The molecule has 7 heterocycles. The molecule has 1 atom stereocenters. The van der Waals surface area contributed by atoms with Crippen molar-refractivity contribution in [1.29, 1.82) is 0 Å². The van der Waals surface area contributed by atoms with Crippen LogP contribution in [-0.2, 0) is 5.66 Å². The Balaban J connectivity index is 1.29. The summed E-state index contributed by atoms with van der Waals surface area (Å²) in [5.74, 6) is 2.92. The first-order chi connectivity index (χ1) is 22.7. The topological polar surface area (TPSA) is 39.7 Å². The van der Waals surface area contributed by atoms with E-state index in [4.69, 9.17) is 4.74 Å². The number of para-hydroxylation sites is 1. The summed E-state index contributed by atoms with van der Waals surface area (Å²) < 4.78 is 16.7. The van der Waals surface area contributed by atoms with Gasteiger partial charge in [0.15, 0.2) is 11.1 Å². The summed E-state index contributed by atoms with van der Waals surface area (Å²) in [6.45, 7) is 4.52. The molecule has 4 aromatic carbocycles. The van der Waals surface area contributed by atoms with Crippen molar-refractivity contribution in [3.8, 4) is 45.3 Å². The molecule has 216 valence electrons. The van der Waals surface area contributed by atoms with Crippen molar-refractivity contribution in [2.75, 3.05) is 0 Å². The van der Waals surface area contributed by atoms with Crippen LogP contribution in [0.5, 0.6) is 11.5 Å². The van der Waals surface area contributed by atoms with Crippen molar-refractivity contribution in [1.82, 2.24) is 14.2 Å². The third-order valence-corrected chi connectivity index (χ3v) is 10.4. The molecule has 8 aromatic rings. The van der Waals surface area contributed by atoms with Crippen molar-refractivity contribution in [3.05, 3.63) is 150 Å². The van der Waals surface area contributed by atoms with Crippen LogP contribution in [0.25, 0.3) is 55.6 Å². The zero-order valence-electron chi connectivity index (χ0n) is 25.3. The van der Waals surface area contributed by atoms with Crippen molar-refractivity contribution in [3.63, 3.8) is 0 Å². The Kier molecular flexibility index (Phi) is 4.32. The van der Waals surface area contributed by atoms with Gasteiger partial charge in [0.2, 0.25) is 5.69 Å². The Morgan fingerprint density at radius 3 is 2.39 bits per heavy atom. The molecular formula is C40H27N5O+2. The molecule has 4 aromatic heterocycles. The molecule has 0 saturated carbocycles. The quantitative estimate of drug-likeness (QED) is 0.195. The molecule has 6 heteroatoms. The van der Waals surface area contributed by atoms with Gasteiger partial charge in [0.25, 0.3) is 5.82 Å². The van der Waals surface area contributed by atoms with Crippen LogP contribution in [0.2, 0.25) is 0 Å². The maximum atomic E-state index is 6.83. The summed E-state index contributed by atoms with van der Waals surface area (Å²) in [5, 5.41) is 2.48. The number of pyridine rings is 2. The van der Waals surface area contributed by atoms with Gasteiger partial charge in [-0.15, -0.1) is 4.68 Å². The zero-order chi connectivity index (χ0) is 30.3. The van der Waals surface area contributed by atoms with Crippen LogP contribution >= 0.6 is 0 Å². The number of benzene rings is 4. The summed E-state index contributed by atoms with van der Waals surface area (Å²) >= 11 is 0. The summed E-state index contributed by atoms with van der Waals surface area (Å²) in [5.41, 5.74) is 12.3. The van der Waals surface area contributed by atoms with E-state index in [2.05, 4.69) is 147 Å². The maximum Gasteiger partial charge on any atom is 0.397 e. The lowest BCUT2D eigenvalue weighted by Crippen LogP contribution is -2.77. The first-order valence-corrected chi connectivity index (χ1v) is 15.7. The van der Waals surface area contributed by atoms with E-state index in [1.54, 1.807) is 0 Å². The third kappa shape index (κ3) is 2.61. The van der Waals surface area contributed by atoms with Gasteiger partial charge in [0.1, 0.15) is 28.3 Å². The highest BCUT2D eigenvalue weighted by molar-refractivity contribution is 6.11. The fourth-order valence-corrected chi connectivity index (χ4v) is 8.75. The van der Waals surface area contributed by atoms with Crippen molar-refractivity contribution >= 4 is 21.8 Å². The SMILES string of the molecule is Cc1c(-c2ccc(-c3cccnc3)cc2)c(C)[n+]2n1-c1cccc3c1C21c2c(ccc4c5ccccc5n(c24)-c2cccc[n+]21)O3. The molecule has 0 radical (unpaired) electrons. The lowest BCUT2D eigenvalue weighted by molar-refractivity contribution is -0.995. The van der Waals surface area contributed by atoms with E-state index in [1.807, 2.05) is 18.5 Å². The van der Waals surface area contributed by atoms with Gasteiger partial charge in [0.05, 0.1) is 17.5 Å². The molecule has 0 aliphatic carbocycles. The number of ether oxygens (including phenoxy) is 1. The molecule has 1 unspecified atom stereocenters. The zero-order valence-corrected chi connectivity index (χ0v) is 25.3. The average Bonchev–Trinajstić information content (AvgIpc) is 3.70. The van der Waals surface area contributed by atoms with Crippen molar-refractivity contribution < 1.29 is 14.0 Å². The Morgan fingerprint density at radius 1 is 0.696 bits per heavy atom. The molecule has 0 fully saturated rings. The molecule has 0 N–H and O–H groups in total. The van der Waals surface area contributed by atoms with Crippen LogP contribution in [-0.4, -0.2) is 14.2 Å². The van der Waals surface area contributed by atoms with Crippen LogP contribution in [0.3, 0.4) is 0 Å². The van der Waals surface area contributed by atoms with Crippen molar-refractivity contribution in [2.24, 2.45) is 0 Å². The molecular weight excluding hydrogens is 566 g/mol. The number of nitrogens with zero attached hydrogens (tertiary/aromatic N) is 5. The van der Waals surface area contributed by atoms with Gasteiger partial charge >= 0.3 is 5.66 Å². The maximum absolute atomic E-state index is 6.83. The fourth-order valence-electron chi connectivity index (χ4n) is 8.75. The second-order valence-corrected chi connectivity index (χ2v) is 12.5. The van der Waals surface area contributed by atoms with Gasteiger partial charge in [-0.05, 0) is 72.1 Å². The Labute approximate surface area is 264 Å². The number of aromatic nitrogens is 5. The van der Waals surface area contributed by atoms with Crippen LogP contribution in [0.1, 0.15) is 22.5 Å². The van der Waals surface area contributed by atoms with Gasteiger partial charge < -0.3 is 4.74 Å².